The lowest BCUT2D eigenvalue weighted by molar-refractivity contribution is 0.0741. The highest BCUT2D eigenvalue weighted by atomic mass is 35.5. The van der Waals surface area contributed by atoms with Gasteiger partial charge in [0, 0.05) is 30.8 Å². The Labute approximate surface area is 180 Å². The number of carbonyl (C=O) groups is 2. The Bertz CT molecular complexity index is 771. The van der Waals surface area contributed by atoms with Crippen molar-refractivity contribution < 1.29 is 9.59 Å². The zero-order valence-corrected chi connectivity index (χ0v) is 18.3. The van der Waals surface area contributed by atoms with Crippen molar-refractivity contribution in [3.63, 3.8) is 0 Å². The molecule has 2 rings (SSSR count). The van der Waals surface area contributed by atoms with Crippen molar-refractivity contribution in [3.05, 3.63) is 71.3 Å². The van der Waals surface area contributed by atoms with E-state index < -0.39 is 0 Å². The van der Waals surface area contributed by atoms with E-state index in [-0.39, 0.29) is 29.6 Å². The Morgan fingerprint density at radius 2 is 1.55 bits per heavy atom. The highest BCUT2D eigenvalue weighted by Crippen LogP contribution is 2.14. The van der Waals surface area contributed by atoms with Crippen molar-refractivity contribution in [2.75, 3.05) is 19.6 Å². The number of hydrogen-bond acceptors (Lipinski definition) is 3. The van der Waals surface area contributed by atoms with E-state index in [0.717, 1.165) is 12.0 Å². The van der Waals surface area contributed by atoms with Gasteiger partial charge >= 0.3 is 0 Å². The summed E-state index contributed by atoms with van der Waals surface area (Å²) in [6.45, 7) is 8.46. The molecule has 0 aliphatic carbocycles. The first-order valence-electron chi connectivity index (χ1n) is 9.72. The van der Waals surface area contributed by atoms with Crippen LogP contribution < -0.4 is 11.1 Å². The molecule has 2 aromatic carbocycles. The quantitative estimate of drug-likeness (QED) is 0.684. The third kappa shape index (κ3) is 8.26. The maximum atomic E-state index is 13.0. The van der Waals surface area contributed by atoms with E-state index in [0.29, 0.717) is 37.3 Å². The topological polar surface area (TPSA) is 75.4 Å². The van der Waals surface area contributed by atoms with Gasteiger partial charge in [-0.05, 0) is 48.2 Å². The second-order valence-corrected chi connectivity index (χ2v) is 8.18. The summed E-state index contributed by atoms with van der Waals surface area (Å²) in [6.07, 6.45) is 0.742. The summed E-state index contributed by atoms with van der Waals surface area (Å²) in [4.78, 5) is 27.0. The molecule has 0 heterocycles. The SMILES string of the molecule is CC(C)(C)CNC(=O)c1ccc(C(=O)N(CCCN)Cc2ccccc2)cc1.Cl. The van der Waals surface area contributed by atoms with Gasteiger partial charge < -0.3 is 16.0 Å². The summed E-state index contributed by atoms with van der Waals surface area (Å²) in [5.41, 5.74) is 7.86. The molecule has 0 bridgehead atoms. The predicted molar refractivity (Wildman–Crippen MR) is 120 cm³/mol. The minimum atomic E-state index is -0.127. The standard InChI is InChI=1S/C23H31N3O2.ClH/c1-23(2,3)17-25-21(27)19-10-12-20(13-11-19)22(28)26(15-7-14-24)16-18-8-5-4-6-9-18;/h4-6,8-13H,7,14-17,24H2,1-3H3,(H,25,27);1H. The summed E-state index contributed by atoms with van der Waals surface area (Å²) in [6, 6.07) is 16.7. The fraction of sp³-hybridized carbons (Fsp3) is 0.391. The number of halogens is 1. The van der Waals surface area contributed by atoms with Crippen molar-refractivity contribution in [1.82, 2.24) is 10.2 Å². The highest BCUT2D eigenvalue weighted by Gasteiger charge is 2.17. The van der Waals surface area contributed by atoms with E-state index in [1.807, 2.05) is 30.3 Å². The molecule has 3 N–H and O–H groups in total. The van der Waals surface area contributed by atoms with E-state index in [1.165, 1.54) is 0 Å². The van der Waals surface area contributed by atoms with Crippen molar-refractivity contribution in [3.8, 4) is 0 Å². The molecule has 0 aromatic heterocycles. The first kappa shape index (κ1) is 24.7. The Kier molecular flexibility index (Phi) is 9.86. The summed E-state index contributed by atoms with van der Waals surface area (Å²) in [5, 5.41) is 2.92. The van der Waals surface area contributed by atoms with Crippen LogP contribution in [0, 0.1) is 5.41 Å². The zero-order valence-electron chi connectivity index (χ0n) is 17.5. The van der Waals surface area contributed by atoms with Gasteiger partial charge in [0.1, 0.15) is 0 Å². The van der Waals surface area contributed by atoms with Gasteiger partial charge in [0.05, 0.1) is 0 Å². The number of rotatable bonds is 8. The van der Waals surface area contributed by atoms with Crippen molar-refractivity contribution in [1.29, 1.82) is 0 Å². The minimum absolute atomic E-state index is 0. The van der Waals surface area contributed by atoms with Crippen LogP contribution >= 0.6 is 12.4 Å². The van der Waals surface area contributed by atoms with Crippen LogP contribution in [0.3, 0.4) is 0 Å². The van der Waals surface area contributed by atoms with Crippen molar-refractivity contribution in [2.45, 2.75) is 33.7 Å². The largest absolute Gasteiger partial charge is 0.352 e. The Morgan fingerprint density at radius 1 is 0.966 bits per heavy atom. The normalized spacial score (nSPS) is 10.8. The van der Waals surface area contributed by atoms with Gasteiger partial charge in [-0.25, -0.2) is 0 Å². The summed E-state index contributed by atoms with van der Waals surface area (Å²) in [7, 11) is 0. The molecule has 0 spiro atoms. The average molecular weight is 418 g/mol. The number of nitrogens with two attached hydrogens (primary N) is 1. The van der Waals surface area contributed by atoms with Crippen LogP contribution in [0.1, 0.15) is 53.5 Å². The monoisotopic (exact) mass is 417 g/mol. The molecule has 6 heteroatoms. The van der Waals surface area contributed by atoms with Gasteiger partial charge in [-0.2, -0.15) is 0 Å². The average Bonchev–Trinajstić information content (AvgIpc) is 2.69. The first-order valence-corrected chi connectivity index (χ1v) is 9.72. The van der Waals surface area contributed by atoms with Gasteiger partial charge in [0.15, 0.2) is 0 Å². The van der Waals surface area contributed by atoms with Crippen LogP contribution in [0.5, 0.6) is 0 Å². The number of amides is 2. The molecule has 2 amide bonds. The van der Waals surface area contributed by atoms with Gasteiger partial charge in [-0.3, -0.25) is 9.59 Å². The second-order valence-electron chi connectivity index (χ2n) is 8.18. The van der Waals surface area contributed by atoms with Crippen molar-refractivity contribution >= 4 is 24.2 Å². The fourth-order valence-corrected chi connectivity index (χ4v) is 2.73. The molecular weight excluding hydrogens is 386 g/mol. The molecule has 0 aliphatic rings. The van der Waals surface area contributed by atoms with Crippen LogP contribution in [-0.4, -0.2) is 36.3 Å². The molecule has 5 nitrogen and oxygen atoms in total. The summed E-state index contributed by atoms with van der Waals surface area (Å²) < 4.78 is 0. The van der Waals surface area contributed by atoms with Crippen LogP contribution in [0.4, 0.5) is 0 Å². The Morgan fingerprint density at radius 3 is 2.10 bits per heavy atom. The molecule has 0 saturated heterocycles. The predicted octanol–water partition coefficient (Wildman–Crippen LogP) is 3.88. The molecule has 29 heavy (non-hydrogen) atoms. The number of nitrogens with zero attached hydrogens (tertiary/aromatic N) is 1. The van der Waals surface area contributed by atoms with Crippen LogP contribution in [0.2, 0.25) is 0 Å². The van der Waals surface area contributed by atoms with Gasteiger partial charge in [-0.15, -0.1) is 12.4 Å². The fourth-order valence-electron chi connectivity index (χ4n) is 2.73. The number of nitrogens with one attached hydrogen (secondary N) is 1. The van der Waals surface area contributed by atoms with E-state index in [9.17, 15) is 9.59 Å². The van der Waals surface area contributed by atoms with E-state index >= 15 is 0 Å². The smallest absolute Gasteiger partial charge is 0.254 e. The van der Waals surface area contributed by atoms with Crippen LogP contribution in [-0.2, 0) is 6.54 Å². The Balaban J connectivity index is 0.00000420. The Hall–Kier alpha value is -2.37. The third-order valence-corrected chi connectivity index (χ3v) is 4.31. The van der Waals surface area contributed by atoms with Crippen LogP contribution in [0.25, 0.3) is 0 Å². The molecule has 2 aromatic rings. The zero-order chi connectivity index (χ0) is 20.6. The van der Waals surface area contributed by atoms with Gasteiger partial charge in [0.25, 0.3) is 11.8 Å². The molecule has 0 unspecified atom stereocenters. The molecular formula is C23H32ClN3O2. The van der Waals surface area contributed by atoms with Gasteiger partial charge in [-0.1, -0.05) is 51.1 Å². The van der Waals surface area contributed by atoms with E-state index in [2.05, 4.69) is 26.1 Å². The van der Waals surface area contributed by atoms with E-state index in [4.69, 9.17) is 5.73 Å². The second kappa shape index (κ2) is 11.6. The highest BCUT2D eigenvalue weighted by molar-refractivity contribution is 5.97. The molecule has 0 atom stereocenters. The summed E-state index contributed by atoms with van der Waals surface area (Å²) >= 11 is 0. The molecule has 0 fully saturated rings. The van der Waals surface area contributed by atoms with Crippen molar-refractivity contribution in [2.24, 2.45) is 11.1 Å². The molecule has 0 saturated carbocycles. The third-order valence-electron chi connectivity index (χ3n) is 4.31. The molecule has 0 aliphatic heterocycles. The lowest BCUT2D eigenvalue weighted by Crippen LogP contribution is -2.33. The molecule has 158 valence electrons. The van der Waals surface area contributed by atoms with E-state index in [1.54, 1.807) is 29.2 Å². The lowest BCUT2D eigenvalue weighted by Gasteiger charge is -2.23. The maximum absolute atomic E-state index is 13.0. The van der Waals surface area contributed by atoms with Gasteiger partial charge in [0.2, 0.25) is 0 Å². The molecule has 0 radical (unpaired) electrons. The van der Waals surface area contributed by atoms with Crippen LogP contribution in [0.15, 0.2) is 54.6 Å². The number of hydrogen-bond donors (Lipinski definition) is 2. The first-order chi connectivity index (χ1) is 13.3. The number of carbonyl (C=O) groups excluding carboxylic acids is 2. The minimum Gasteiger partial charge on any atom is -0.352 e. The summed E-state index contributed by atoms with van der Waals surface area (Å²) in [5.74, 6) is -0.183. The maximum Gasteiger partial charge on any atom is 0.254 e. The number of benzene rings is 2. The lowest BCUT2D eigenvalue weighted by atomic mass is 9.97.